The van der Waals surface area contributed by atoms with Crippen molar-refractivity contribution in [3.8, 4) is 17.2 Å². The predicted octanol–water partition coefficient (Wildman–Crippen LogP) is 5.47. The van der Waals surface area contributed by atoms with E-state index in [-0.39, 0.29) is 33.7 Å². The van der Waals surface area contributed by atoms with Crippen molar-refractivity contribution < 1.29 is 28.4 Å². The number of benzene rings is 3. The van der Waals surface area contributed by atoms with Crippen molar-refractivity contribution in [2.24, 2.45) is 0 Å². The van der Waals surface area contributed by atoms with E-state index >= 15 is 0 Å². The molecule has 0 fully saturated rings. The molecule has 34 heavy (non-hydrogen) atoms. The Hall–Kier alpha value is -3.50. The van der Waals surface area contributed by atoms with Gasteiger partial charge in [0.2, 0.25) is 5.30 Å². The second kappa shape index (κ2) is 10.2. The zero-order valence-corrected chi connectivity index (χ0v) is 21.3. The molecule has 0 radical (unpaired) electrons. The van der Waals surface area contributed by atoms with Gasteiger partial charge in [-0.3, -0.25) is 4.79 Å². The molecule has 0 heterocycles. The lowest BCUT2D eigenvalue weighted by atomic mass is 9.89. The quantitative estimate of drug-likeness (QED) is 0.315. The van der Waals surface area contributed by atoms with Crippen LogP contribution in [0.3, 0.4) is 0 Å². The van der Waals surface area contributed by atoms with Gasteiger partial charge >= 0.3 is 13.3 Å². The van der Waals surface area contributed by atoms with Crippen LogP contribution in [-0.2, 0) is 4.57 Å². The average Bonchev–Trinajstić information content (AvgIpc) is 2.85. The average molecular weight is 479 g/mol. The highest BCUT2D eigenvalue weighted by Crippen LogP contribution is 2.40. The third-order valence-electron chi connectivity index (χ3n) is 6.07. The minimum absolute atomic E-state index is 0.0351. The minimum Gasteiger partial charge on any atom is -0.496 e. The number of ketones is 1. The third kappa shape index (κ3) is 4.46. The molecule has 0 N–H and O–H groups in total. The first kappa shape index (κ1) is 25.1. The van der Waals surface area contributed by atoms with Gasteiger partial charge in [-0.2, -0.15) is 0 Å². The van der Waals surface area contributed by atoms with Gasteiger partial charge in [-0.1, -0.05) is 22.8 Å². The lowest BCUT2D eigenvalue weighted by Crippen LogP contribution is -2.18. The van der Waals surface area contributed by atoms with Crippen molar-refractivity contribution in [3.63, 3.8) is 0 Å². The first-order chi connectivity index (χ1) is 16.2. The van der Waals surface area contributed by atoms with Crippen LogP contribution in [-0.4, -0.2) is 32.6 Å². The number of rotatable bonds is 8. The van der Waals surface area contributed by atoms with Gasteiger partial charge in [-0.05, 0) is 62.1 Å². The summed E-state index contributed by atoms with van der Waals surface area (Å²) in [5.74, 6) is 0.516. The summed E-state index contributed by atoms with van der Waals surface area (Å²) >= 11 is 0. The molecule has 0 spiro atoms. The fourth-order valence-electron chi connectivity index (χ4n) is 3.96. The van der Waals surface area contributed by atoms with Gasteiger partial charge in [0.25, 0.3) is 0 Å². The summed E-state index contributed by atoms with van der Waals surface area (Å²) in [6, 6.07) is 11.6. The fraction of sp³-hybridized carbons (Fsp3) is 0.259. The largest absolute Gasteiger partial charge is 0.496 e. The predicted molar refractivity (Wildman–Crippen MR) is 133 cm³/mol. The van der Waals surface area contributed by atoms with Crippen molar-refractivity contribution >= 4 is 24.4 Å². The number of ether oxygens (including phenoxy) is 3. The molecule has 3 aromatic carbocycles. The van der Waals surface area contributed by atoms with Gasteiger partial charge < -0.3 is 14.2 Å². The molecule has 0 aromatic heterocycles. The van der Waals surface area contributed by atoms with E-state index in [1.165, 1.54) is 33.5 Å². The third-order valence-corrected chi connectivity index (χ3v) is 7.49. The fourth-order valence-corrected chi connectivity index (χ4v) is 5.22. The van der Waals surface area contributed by atoms with E-state index in [0.717, 1.165) is 22.3 Å². The van der Waals surface area contributed by atoms with E-state index in [9.17, 15) is 14.2 Å². The van der Waals surface area contributed by atoms with E-state index in [0.29, 0.717) is 11.3 Å². The maximum absolute atomic E-state index is 13.7. The molecule has 0 aliphatic heterocycles. The Morgan fingerprint density at radius 3 is 1.76 bits per heavy atom. The summed E-state index contributed by atoms with van der Waals surface area (Å²) in [6.45, 7) is 7.71. The maximum Gasteiger partial charge on any atom is 0.459 e. The van der Waals surface area contributed by atoms with Crippen LogP contribution in [0.25, 0.3) is 0 Å². The van der Waals surface area contributed by atoms with E-state index in [2.05, 4.69) is 0 Å². The standard InChI is InChI=1S/C27H28O6P/c1-15-12-16(2)18(4)24(17(15)3)26(28)20-10-8-9-11-23(20)34(30)27(29)25-21(32-6)13-19(31-5)14-22(25)33-7/h8-14H,1-7H3/q+1. The molecule has 3 aromatic rings. The van der Waals surface area contributed by atoms with Crippen LogP contribution in [0.15, 0.2) is 42.5 Å². The highest BCUT2D eigenvalue weighted by molar-refractivity contribution is 7.71. The summed E-state index contributed by atoms with van der Waals surface area (Å²) in [5.41, 5.74) is 3.87. The highest BCUT2D eigenvalue weighted by atomic mass is 31.1. The van der Waals surface area contributed by atoms with E-state index in [1.54, 1.807) is 24.3 Å². The summed E-state index contributed by atoms with van der Waals surface area (Å²) in [4.78, 5) is 27.2. The number of hydrogen-bond donors (Lipinski definition) is 0. The van der Waals surface area contributed by atoms with Crippen LogP contribution in [0, 0.1) is 27.7 Å². The van der Waals surface area contributed by atoms with Gasteiger partial charge in [0.1, 0.15) is 17.2 Å². The number of carbonyl (C=O) groups is 2. The molecule has 176 valence electrons. The van der Waals surface area contributed by atoms with Gasteiger partial charge in [0.15, 0.2) is 11.3 Å². The van der Waals surface area contributed by atoms with Crippen molar-refractivity contribution in [1.82, 2.24) is 0 Å². The molecule has 0 bridgehead atoms. The van der Waals surface area contributed by atoms with Gasteiger partial charge in [0, 0.05) is 17.7 Å². The molecule has 3 rings (SSSR count). The lowest BCUT2D eigenvalue weighted by Gasteiger charge is -2.14. The molecule has 0 saturated carbocycles. The Bertz CT molecular complexity index is 1260. The van der Waals surface area contributed by atoms with Crippen molar-refractivity contribution in [2.45, 2.75) is 27.7 Å². The topological polar surface area (TPSA) is 78.9 Å². The highest BCUT2D eigenvalue weighted by Gasteiger charge is 2.41. The van der Waals surface area contributed by atoms with Crippen LogP contribution in [0.4, 0.5) is 0 Å². The minimum atomic E-state index is -2.66. The number of methoxy groups -OCH3 is 3. The molecule has 1 atom stereocenters. The van der Waals surface area contributed by atoms with Crippen LogP contribution in [0.2, 0.25) is 0 Å². The molecular weight excluding hydrogens is 451 g/mol. The Morgan fingerprint density at radius 1 is 0.735 bits per heavy atom. The summed E-state index contributed by atoms with van der Waals surface area (Å²) in [5, 5.41) is 0.172. The van der Waals surface area contributed by atoms with Crippen LogP contribution < -0.4 is 19.5 Å². The molecule has 0 saturated heterocycles. The molecule has 6 nitrogen and oxygen atoms in total. The molecule has 0 aliphatic carbocycles. The summed E-state index contributed by atoms with van der Waals surface area (Å²) in [6.07, 6.45) is 0. The monoisotopic (exact) mass is 479 g/mol. The van der Waals surface area contributed by atoms with Crippen LogP contribution >= 0.6 is 7.80 Å². The van der Waals surface area contributed by atoms with Crippen LogP contribution in [0.5, 0.6) is 17.2 Å². The lowest BCUT2D eigenvalue weighted by molar-refractivity contribution is 0.103. The summed E-state index contributed by atoms with van der Waals surface area (Å²) < 4.78 is 29.6. The Morgan fingerprint density at radius 2 is 1.26 bits per heavy atom. The molecular formula is C27H28O6P+. The van der Waals surface area contributed by atoms with E-state index in [1.807, 2.05) is 33.8 Å². The molecule has 0 amide bonds. The normalized spacial score (nSPS) is 11.1. The molecule has 1 unspecified atom stereocenters. The second-order valence-electron chi connectivity index (χ2n) is 7.99. The Balaban J connectivity index is 2.15. The molecule has 7 heteroatoms. The second-order valence-corrected chi connectivity index (χ2v) is 9.46. The van der Waals surface area contributed by atoms with Crippen molar-refractivity contribution in [2.75, 3.05) is 21.3 Å². The summed E-state index contributed by atoms with van der Waals surface area (Å²) in [7, 11) is 1.63. The SMILES string of the molecule is COc1cc(OC)c(C(=O)[P+](=O)c2ccccc2C(=O)c2c(C)c(C)cc(C)c2C)c(OC)c1. The van der Waals surface area contributed by atoms with Gasteiger partial charge in [-0.25, -0.2) is 4.79 Å². The van der Waals surface area contributed by atoms with Crippen LogP contribution in [0.1, 0.15) is 48.5 Å². The zero-order valence-electron chi connectivity index (χ0n) is 20.4. The number of hydrogen-bond acceptors (Lipinski definition) is 6. The van der Waals surface area contributed by atoms with Gasteiger partial charge in [0.05, 0.1) is 26.9 Å². The Labute approximate surface area is 200 Å². The van der Waals surface area contributed by atoms with E-state index in [4.69, 9.17) is 14.2 Å². The Kier molecular flexibility index (Phi) is 7.53. The zero-order chi connectivity index (χ0) is 25.2. The van der Waals surface area contributed by atoms with Gasteiger partial charge in [-0.15, -0.1) is 0 Å². The smallest absolute Gasteiger partial charge is 0.459 e. The maximum atomic E-state index is 13.7. The van der Waals surface area contributed by atoms with Crippen molar-refractivity contribution in [1.29, 1.82) is 0 Å². The first-order valence-corrected chi connectivity index (χ1v) is 11.9. The first-order valence-electron chi connectivity index (χ1n) is 10.7. The number of carbonyl (C=O) groups excluding carboxylic acids is 2. The molecule has 0 aliphatic rings. The number of aryl methyl sites for hydroxylation is 2. The van der Waals surface area contributed by atoms with E-state index < -0.39 is 13.3 Å². The van der Waals surface area contributed by atoms with Crippen molar-refractivity contribution in [3.05, 3.63) is 81.4 Å².